The third-order valence-electron chi connectivity index (χ3n) is 8.29. The number of nitrogens with one attached hydrogen (secondary N) is 2. The number of nitrogens with zero attached hydrogens (tertiary/aromatic N) is 2. The summed E-state index contributed by atoms with van der Waals surface area (Å²) in [6.45, 7) is 7.79. The lowest BCUT2D eigenvalue weighted by atomic mass is 9.72. The van der Waals surface area contributed by atoms with Crippen LogP contribution in [0.25, 0.3) is 11.6 Å². The third kappa shape index (κ3) is 3.68. The summed E-state index contributed by atoms with van der Waals surface area (Å²) in [7, 11) is 1.25. The van der Waals surface area contributed by atoms with Crippen molar-refractivity contribution in [3.05, 3.63) is 82.5 Å². The lowest BCUT2D eigenvalue weighted by Gasteiger charge is -2.31. The van der Waals surface area contributed by atoms with Crippen molar-refractivity contribution in [1.29, 1.82) is 0 Å². The predicted molar refractivity (Wildman–Crippen MR) is 147 cm³/mol. The average molecular weight is 573 g/mol. The number of ether oxygens (including phenoxy) is 2. The number of oxazole rings is 2. The van der Waals surface area contributed by atoms with E-state index < -0.39 is 34.9 Å². The minimum Gasteiger partial charge on any atom is -0.469 e. The highest BCUT2D eigenvalue weighted by Gasteiger charge is 2.61. The van der Waals surface area contributed by atoms with Gasteiger partial charge in [-0.05, 0) is 41.7 Å². The van der Waals surface area contributed by atoms with E-state index in [0.717, 1.165) is 11.1 Å². The summed E-state index contributed by atoms with van der Waals surface area (Å²) < 4.78 is 38.8. The number of carbonyl (C=O) groups excluding carboxylic acids is 2. The molecular formula is C31H29FN4O6. The van der Waals surface area contributed by atoms with Crippen LogP contribution in [0.3, 0.4) is 0 Å². The number of benzene rings is 2. The van der Waals surface area contributed by atoms with Crippen LogP contribution in [0.4, 0.5) is 10.1 Å². The Kier molecular flexibility index (Phi) is 5.57. The van der Waals surface area contributed by atoms with Gasteiger partial charge in [0.05, 0.1) is 7.11 Å². The largest absolute Gasteiger partial charge is 0.469 e. The van der Waals surface area contributed by atoms with Gasteiger partial charge in [0.1, 0.15) is 29.3 Å². The van der Waals surface area contributed by atoms with E-state index in [1.165, 1.54) is 25.5 Å². The molecule has 1 amide bonds. The van der Waals surface area contributed by atoms with Gasteiger partial charge in [-0.3, -0.25) is 4.79 Å². The number of hydrogen-bond acceptors (Lipinski definition) is 9. The van der Waals surface area contributed by atoms with Gasteiger partial charge in [0, 0.05) is 22.7 Å². The maximum Gasteiger partial charge on any atom is 0.360 e. The van der Waals surface area contributed by atoms with Gasteiger partial charge in [-0.15, -0.1) is 0 Å². The molecule has 7 rings (SSSR count). The minimum absolute atomic E-state index is 0.00482. The van der Waals surface area contributed by atoms with Gasteiger partial charge < -0.3 is 28.9 Å². The lowest BCUT2D eigenvalue weighted by molar-refractivity contribution is -0.126. The van der Waals surface area contributed by atoms with E-state index in [1.807, 2.05) is 45.9 Å². The number of hydrogen-bond donors (Lipinski definition) is 2. The zero-order chi connectivity index (χ0) is 29.6. The van der Waals surface area contributed by atoms with Crippen molar-refractivity contribution >= 4 is 17.6 Å². The number of esters is 1. The molecule has 5 heterocycles. The Labute approximate surface area is 240 Å². The van der Waals surface area contributed by atoms with Crippen LogP contribution in [-0.4, -0.2) is 35.2 Å². The Balaban J connectivity index is 1.58. The number of halogens is 1. The molecule has 4 atom stereocenters. The normalized spacial score (nSPS) is 24.0. The molecule has 0 aliphatic carbocycles. The SMILES string of the molecule is COC(=O)c1coc(-c2nc3oc2[C@@]24c5cc(F)ccc5N[C@@H]2Oc2ccc(cc24)C[C@H](C)C(=O)N[C@H]3C(C)(C)C)n1. The highest BCUT2D eigenvalue weighted by atomic mass is 19.1. The number of aromatic nitrogens is 2. The van der Waals surface area contributed by atoms with Gasteiger partial charge in [0.2, 0.25) is 17.7 Å². The summed E-state index contributed by atoms with van der Waals surface area (Å²) >= 11 is 0. The number of anilines is 1. The summed E-state index contributed by atoms with van der Waals surface area (Å²) in [6.07, 6.45) is 0.935. The van der Waals surface area contributed by atoms with Crippen LogP contribution in [0.5, 0.6) is 5.75 Å². The molecule has 2 aromatic heterocycles. The lowest BCUT2D eigenvalue weighted by Crippen LogP contribution is -2.41. The number of amides is 1. The number of carbonyl (C=O) groups is 2. The molecule has 0 radical (unpaired) electrons. The second-order valence-corrected chi connectivity index (χ2v) is 12.1. The standard InChI is InChI=1S/C31H29FN4O6/c1-14-10-15-6-9-21-18(11-15)31(17-12-16(32)7-8-19(17)34-29(31)41-21)24-22(26-33-20(13-40-26)28(38)39-5)35-27(42-24)23(30(2,3)4)36-25(14)37/h6-9,11-14,23,29,34H,10H2,1-5H3,(H,36,37)/t14-,23+,29+,31-/m0/s1. The molecule has 10 nitrogen and oxygen atoms in total. The van der Waals surface area contributed by atoms with Crippen molar-refractivity contribution < 1.29 is 32.3 Å². The second kappa shape index (κ2) is 8.91. The molecule has 0 saturated carbocycles. The summed E-state index contributed by atoms with van der Waals surface area (Å²) in [5.74, 6) is -0.541. The van der Waals surface area contributed by atoms with Crippen LogP contribution in [0, 0.1) is 17.2 Å². The molecule has 0 saturated heterocycles. The van der Waals surface area contributed by atoms with E-state index in [9.17, 15) is 14.0 Å². The van der Waals surface area contributed by atoms with Gasteiger partial charge >= 0.3 is 5.97 Å². The summed E-state index contributed by atoms with van der Waals surface area (Å²) in [4.78, 5) is 35.0. The fourth-order valence-electron chi connectivity index (χ4n) is 6.20. The molecule has 4 aromatic rings. The predicted octanol–water partition coefficient (Wildman–Crippen LogP) is 5.13. The maximum absolute atomic E-state index is 15.0. The summed E-state index contributed by atoms with van der Waals surface area (Å²) in [5.41, 5.74) is 1.31. The van der Waals surface area contributed by atoms with Crippen LogP contribution < -0.4 is 15.4 Å². The summed E-state index contributed by atoms with van der Waals surface area (Å²) in [5, 5.41) is 6.54. The zero-order valence-corrected chi connectivity index (χ0v) is 23.7. The fraction of sp³-hybridized carbons (Fsp3) is 0.355. The molecule has 4 bridgehead atoms. The molecule has 0 unspecified atom stereocenters. The van der Waals surface area contributed by atoms with Crippen LogP contribution in [0.15, 0.2) is 51.5 Å². The quantitative estimate of drug-likeness (QED) is 0.314. The Morgan fingerprint density at radius 1 is 1.12 bits per heavy atom. The Hall–Kier alpha value is -4.67. The Morgan fingerprint density at radius 3 is 2.69 bits per heavy atom. The van der Waals surface area contributed by atoms with Crippen molar-refractivity contribution in [2.75, 3.05) is 12.4 Å². The zero-order valence-electron chi connectivity index (χ0n) is 23.7. The molecule has 3 aliphatic rings. The summed E-state index contributed by atoms with van der Waals surface area (Å²) in [6, 6.07) is 9.63. The number of fused-ring (bicyclic) bond motifs is 4. The first-order valence-electron chi connectivity index (χ1n) is 13.7. The average Bonchev–Trinajstić information content (AvgIpc) is 3.71. The van der Waals surface area contributed by atoms with Crippen molar-refractivity contribution in [3.8, 4) is 17.3 Å². The Bertz CT molecular complexity index is 1770. The number of rotatable bonds is 2. The van der Waals surface area contributed by atoms with Crippen molar-refractivity contribution in [1.82, 2.24) is 15.3 Å². The van der Waals surface area contributed by atoms with Crippen LogP contribution in [0.1, 0.15) is 72.6 Å². The van der Waals surface area contributed by atoms with E-state index in [1.54, 1.807) is 6.07 Å². The monoisotopic (exact) mass is 572 g/mol. The highest BCUT2D eigenvalue weighted by molar-refractivity contribution is 5.87. The minimum atomic E-state index is -1.21. The van der Waals surface area contributed by atoms with Crippen LogP contribution in [-0.2, 0) is 21.4 Å². The second-order valence-electron chi connectivity index (χ2n) is 12.1. The first kappa shape index (κ1) is 26.2. The van der Waals surface area contributed by atoms with Crippen LogP contribution >= 0.6 is 0 Å². The van der Waals surface area contributed by atoms with Gasteiger partial charge in [-0.2, -0.15) is 0 Å². The van der Waals surface area contributed by atoms with E-state index in [2.05, 4.69) is 15.6 Å². The smallest absolute Gasteiger partial charge is 0.360 e. The molecule has 3 aliphatic heterocycles. The van der Waals surface area contributed by atoms with Gasteiger partial charge in [0.25, 0.3) is 0 Å². The first-order chi connectivity index (χ1) is 20.0. The fourth-order valence-corrected chi connectivity index (χ4v) is 6.20. The van der Waals surface area contributed by atoms with Crippen molar-refractivity contribution in [2.24, 2.45) is 11.3 Å². The molecular weight excluding hydrogens is 543 g/mol. The van der Waals surface area contributed by atoms with Crippen LogP contribution in [0.2, 0.25) is 0 Å². The topological polar surface area (TPSA) is 129 Å². The first-order valence-corrected chi connectivity index (χ1v) is 13.7. The van der Waals surface area contributed by atoms with Crippen molar-refractivity contribution in [3.63, 3.8) is 0 Å². The molecule has 42 heavy (non-hydrogen) atoms. The molecule has 1 spiro atoms. The third-order valence-corrected chi connectivity index (χ3v) is 8.29. The van der Waals surface area contributed by atoms with E-state index in [4.69, 9.17) is 23.3 Å². The maximum atomic E-state index is 15.0. The highest BCUT2D eigenvalue weighted by Crippen LogP contribution is 2.59. The molecule has 216 valence electrons. The van der Waals surface area contributed by atoms with E-state index in [0.29, 0.717) is 23.4 Å². The molecule has 0 fully saturated rings. The molecule has 11 heteroatoms. The molecule has 2 aromatic carbocycles. The Morgan fingerprint density at radius 2 is 1.93 bits per heavy atom. The van der Waals surface area contributed by atoms with Gasteiger partial charge in [-0.1, -0.05) is 39.8 Å². The van der Waals surface area contributed by atoms with E-state index in [-0.39, 0.29) is 40.8 Å². The van der Waals surface area contributed by atoms with Gasteiger partial charge in [0.15, 0.2) is 23.4 Å². The van der Waals surface area contributed by atoms with E-state index >= 15 is 0 Å². The molecule has 2 N–H and O–H groups in total. The van der Waals surface area contributed by atoms with Gasteiger partial charge in [-0.25, -0.2) is 19.2 Å². The number of methoxy groups -OCH3 is 1. The van der Waals surface area contributed by atoms with Crippen molar-refractivity contribution in [2.45, 2.75) is 51.8 Å².